The van der Waals surface area contributed by atoms with Gasteiger partial charge in [-0.25, -0.2) is 0 Å². The number of methoxy groups -OCH3 is 1. The van der Waals surface area contributed by atoms with Gasteiger partial charge >= 0.3 is 7.60 Å². The molecule has 1 amide bonds. The third-order valence-electron chi connectivity index (χ3n) is 7.16. The number of rotatable bonds is 13. The molecular weight excluding hydrogens is 541 g/mol. The highest BCUT2D eigenvalue weighted by atomic mass is 32.3. The summed E-state index contributed by atoms with van der Waals surface area (Å²) in [5.41, 5.74) is 1.87. The van der Waals surface area contributed by atoms with Crippen LogP contribution in [0, 0.1) is 0 Å². The lowest BCUT2D eigenvalue weighted by Crippen LogP contribution is -2.49. The van der Waals surface area contributed by atoms with Crippen molar-refractivity contribution in [1.82, 2.24) is 16.0 Å². The van der Waals surface area contributed by atoms with Crippen molar-refractivity contribution in [2.24, 2.45) is 0 Å². The molecule has 10 nitrogen and oxygen atoms in total. The van der Waals surface area contributed by atoms with E-state index < -0.39 is 23.7 Å². The average Bonchev–Trinajstić information content (AvgIpc) is 3.00. The number of carbonyl (C=O) groups is 1. The maximum absolute atomic E-state index is 12.4. The van der Waals surface area contributed by atoms with Crippen LogP contribution in [0.25, 0.3) is 0 Å². The number of amides is 1. The van der Waals surface area contributed by atoms with E-state index in [0.717, 1.165) is 36.8 Å². The Bertz CT molecular complexity index is 1160. The van der Waals surface area contributed by atoms with Crippen molar-refractivity contribution in [1.29, 1.82) is 0 Å². The highest BCUT2D eigenvalue weighted by molar-refractivity contribution is 8.24. The topological polar surface area (TPSA) is 160 Å². The molecule has 0 unspecified atom stereocenters. The van der Waals surface area contributed by atoms with Gasteiger partial charge in [0, 0.05) is 29.8 Å². The molecule has 1 aliphatic heterocycles. The van der Waals surface area contributed by atoms with Crippen molar-refractivity contribution in [3.05, 3.63) is 59.2 Å². The quantitative estimate of drug-likeness (QED) is 0.135. The molecule has 2 atom stereocenters. The number of nitrogens with one attached hydrogen (secondary N) is 3. The number of benzene rings is 2. The van der Waals surface area contributed by atoms with E-state index in [9.17, 15) is 18.5 Å². The Morgan fingerprint density at radius 3 is 2.54 bits per heavy atom. The molecule has 0 fully saturated rings. The molecule has 0 spiro atoms. The van der Waals surface area contributed by atoms with Gasteiger partial charge in [-0.3, -0.25) is 23.8 Å². The Balaban J connectivity index is 1.94. The maximum Gasteiger partial charge on any atom is 0.326 e. The standard InChI is InChI=1S/C27H42N3O7PS/c1-4-6-12-27(5-2)19-39(35,36)24-15-21(17-29-25(31)18-28-13-14-38(32,33)34)23(37-3)16-22(24)26(30-27)20-10-8-7-9-11-20/h7-11,15-16,26,28,30,35-36H,4-6,12-14,17-19H2,1-3H3,(H,29,31)(H2,32,33,34)/t26-,27-/m1/s1. The van der Waals surface area contributed by atoms with Crippen molar-refractivity contribution in [3.8, 4) is 5.75 Å². The van der Waals surface area contributed by atoms with Gasteiger partial charge in [-0.1, -0.05) is 57.0 Å². The van der Waals surface area contributed by atoms with Crippen LogP contribution in [0.3, 0.4) is 0 Å². The Kier molecular flexibility index (Phi) is 11.0. The van der Waals surface area contributed by atoms with Gasteiger partial charge in [0.25, 0.3) is 0 Å². The van der Waals surface area contributed by atoms with E-state index >= 15 is 0 Å². The normalized spacial score (nSPS) is 21.5. The molecule has 3 rings (SSSR count). The van der Waals surface area contributed by atoms with Gasteiger partial charge in [0.2, 0.25) is 5.91 Å². The Morgan fingerprint density at radius 1 is 1.21 bits per heavy atom. The number of fused-ring (bicyclic) bond motifs is 1. The maximum atomic E-state index is 12.4. The van der Waals surface area contributed by atoms with E-state index in [1.165, 1.54) is 7.11 Å². The second-order valence-corrected chi connectivity index (χ2v) is 13.9. The van der Waals surface area contributed by atoms with E-state index in [1.807, 2.05) is 36.4 Å². The van der Waals surface area contributed by atoms with E-state index in [0.29, 0.717) is 16.2 Å². The zero-order chi connectivity index (χ0) is 28.7. The van der Waals surface area contributed by atoms with Crippen LogP contribution in [0.2, 0.25) is 0 Å². The SMILES string of the molecule is CCCC[C@]1(CC)CS(O)(O)c2cc(CNC(=O)CNCCP(=O)(O)O)c(OC)cc2[C@@H](c2ccccc2)N1. The Hall–Kier alpha value is -1.95. The highest BCUT2D eigenvalue weighted by Gasteiger charge is 2.42. The Labute approximate surface area is 232 Å². The van der Waals surface area contributed by atoms with Gasteiger partial charge in [-0.05, 0) is 30.5 Å². The molecule has 2 aromatic carbocycles. The molecule has 0 saturated carbocycles. The van der Waals surface area contributed by atoms with Gasteiger partial charge < -0.3 is 25.2 Å². The molecular formula is C27H42N3O7PS. The zero-order valence-corrected chi connectivity index (χ0v) is 24.6. The third-order valence-corrected chi connectivity index (χ3v) is 9.98. The van der Waals surface area contributed by atoms with Gasteiger partial charge in [-0.2, -0.15) is 10.6 Å². The lowest BCUT2D eigenvalue weighted by Gasteiger charge is -2.42. The van der Waals surface area contributed by atoms with Crippen LogP contribution in [0.4, 0.5) is 0 Å². The summed E-state index contributed by atoms with van der Waals surface area (Å²) in [7, 11) is -5.80. The molecule has 12 heteroatoms. The average molecular weight is 584 g/mol. The molecule has 0 radical (unpaired) electrons. The van der Waals surface area contributed by atoms with E-state index in [1.54, 1.807) is 6.07 Å². The van der Waals surface area contributed by atoms with Crippen LogP contribution in [-0.2, 0) is 15.9 Å². The molecule has 1 heterocycles. The first-order valence-electron chi connectivity index (χ1n) is 13.2. The van der Waals surface area contributed by atoms with Crippen LogP contribution in [0.15, 0.2) is 47.4 Å². The number of hydrogen-bond acceptors (Lipinski definition) is 7. The number of hydrogen-bond donors (Lipinski definition) is 7. The summed E-state index contributed by atoms with van der Waals surface area (Å²) in [4.78, 5) is 30.7. The minimum Gasteiger partial charge on any atom is -0.496 e. The fourth-order valence-corrected chi connectivity index (χ4v) is 7.67. The van der Waals surface area contributed by atoms with E-state index in [-0.39, 0.29) is 43.5 Å². The second kappa shape index (κ2) is 13.6. The molecule has 0 saturated heterocycles. The molecule has 0 aromatic heterocycles. The summed E-state index contributed by atoms with van der Waals surface area (Å²) in [5.74, 6) is 0.339. The van der Waals surface area contributed by atoms with Crippen LogP contribution >= 0.6 is 18.2 Å². The first-order valence-corrected chi connectivity index (χ1v) is 16.8. The van der Waals surface area contributed by atoms with E-state index in [2.05, 4.69) is 29.8 Å². The second-order valence-electron chi connectivity index (χ2n) is 10.1. The van der Waals surface area contributed by atoms with Crippen LogP contribution < -0.4 is 20.7 Å². The summed E-state index contributed by atoms with van der Waals surface area (Å²) in [6, 6.07) is 13.2. The van der Waals surface area contributed by atoms with Gasteiger partial charge in [0.1, 0.15) is 5.75 Å². The van der Waals surface area contributed by atoms with Crippen LogP contribution in [-0.4, -0.2) is 62.5 Å². The Morgan fingerprint density at radius 2 is 1.92 bits per heavy atom. The molecule has 7 N–H and O–H groups in total. The number of carbonyl (C=O) groups excluding carboxylic acids is 1. The first-order chi connectivity index (χ1) is 18.4. The van der Waals surface area contributed by atoms with Crippen molar-refractivity contribution < 1.29 is 33.0 Å². The summed E-state index contributed by atoms with van der Waals surface area (Å²) in [5, 5.41) is 9.30. The zero-order valence-electron chi connectivity index (χ0n) is 22.9. The molecule has 2 aromatic rings. The van der Waals surface area contributed by atoms with Crippen molar-refractivity contribution in [3.63, 3.8) is 0 Å². The summed E-state index contributed by atoms with van der Waals surface area (Å²) < 4.78 is 39.9. The first kappa shape index (κ1) is 31.6. The minimum atomic E-state index is -4.13. The van der Waals surface area contributed by atoms with Crippen molar-refractivity contribution in [2.45, 2.75) is 62.6 Å². The highest BCUT2D eigenvalue weighted by Crippen LogP contribution is 2.58. The molecule has 1 aliphatic rings. The lowest BCUT2D eigenvalue weighted by molar-refractivity contribution is -0.120. The van der Waals surface area contributed by atoms with Crippen molar-refractivity contribution >= 4 is 24.1 Å². The summed E-state index contributed by atoms with van der Waals surface area (Å²) >= 11 is 0. The predicted molar refractivity (Wildman–Crippen MR) is 155 cm³/mol. The van der Waals surface area contributed by atoms with E-state index in [4.69, 9.17) is 14.5 Å². The van der Waals surface area contributed by atoms with Crippen molar-refractivity contribution in [2.75, 3.05) is 32.1 Å². The lowest BCUT2D eigenvalue weighted by atomic mass is 9.88. The predicted octanol–water partition coefficient (Wildman–Crippen LogP) is 4.22. The summed E-state index contributed by atoms with van der Waals surface area (Å²) in [6.07, 6.45) is 3.14. The largest absolute Gasteiger partial charge is 0.496 e. The smallest absolute Gasteiger partial charge is 0.326 e. The molecule has 0 bridgehead atoms. The van der Waals surface area contributed by atoms with Gasteiger partial charge in [0.05, 0.1) is 36.5 Å². The number of ether oxygens (including phenoxy) is 1. The van der Waals surface area contributed by atoms with Gasteiger partial charge in [0.15, 0.2) is 0 Å². The monoisotopic (exact) mass is 583 g/mol. The summed E-state index contributed by atoms with van der Waals surface area (Å²) in [6.45, 7) is 4.18. The fourth-order valence-electron chi connectivity index (χ4n) is 4.97. The molecule has 39 heavy (non-hydrogen) atoms. The molecule has 0 aliphatic carbocycles. The van der Waals surface area contributed by atoms with Crippen LogP contribution in [0.1, 0.15) is 62.3 Å². The van der Waals surface area contributed by atoms with Gasteiger partial charge in [-0.15, -0.1) is 0 Å². The minimum absolute atomic E-state index is 0.00581. The third kappa shape index (κ3) is 8.52. The molecule has 218 valence electrons. The number of unbranched alkanes of at least 4 members (excludes halogenated alkanes) is 1. The fraction of sp³-hybridized carbons (Fsp3) is 0.519. The van der Waals surface area contributed by atoms with Crippen LogP contribution in [0.5, 0.6) is 5.75 Å².